The molecule has 1 aromatic rings. The summed E-state index contributed by atoms with van der Waals surface area (Å²) in [5.41, 5.74) is 0.155. The van der Waals surface area contributed by atoms with Crippen LogP contribution in [-0.2, 0) is 14.4 Å². The number of anilines is 1. The molecule has 0 bridgehead atoms. The van der Waals surface area contributed by atoms with Gasteiger partial charge in [-0.05, 0) is 12.1 Å². The number of hydrogen-bond donors (Lipinski definition) is 2. The lowest BCUT2D eigenvalue weighted by Gasteiger charge is -2.13. The van der Waals surface area contributed by atoms with Crippen LogP contribution >= 0.6 is 0 Å². The van der Waals surface area contributed by atoms with Crippen molar-refractivity contribution in [1.29, 1.82) is 0 Å². The molecule has 0 fully saturated rings. The van der Waals surface area contributed by atoms with E-state index >= 15 is 0 Å². The number of carbonyl (C=O) groups is 2. The van der Waals surface area contributed by atoms with Gasteiger partial charge in [0.2, 0.25) is 0 Å². The first-order chi connectivity index (χ1) is 6.61. The van der Waals surface area contributed by atoms with Crippen molar-refractivity contribution in [3.63, 3.8) is 0 Å². The maximum Gasteiger partial charge on any atom is 0.443 e. The summed E-state index contributed by atoms with van der Waals surface area (Å²) < 4.78 is 0. The topological polar surface area (TPSA) is 87.1 Å². The highest BCUT2D eigenvalue weighted by Gasteiger charge is 2.17. The Morgan fingerprint density at radius 3 is 2.29 bits per heavy atom. The van der Waals surface area contributed by atoms with Gasteiger partial charge in [0.1, 0.15) is 5.69 Å². The minimum absolute atomic E-state index is 0.0937. The Bertz CT molecular complexity index is 337. The molecule has 0 aliphatic rings. The number of carboxylic acids is 1. The van der Waals surface area contributed by atoms with Gasteiger partial charge in [0.15, 0.2) is 0 Å². The molecule has 0 aliphatic heterocycles. The number of nitrogens with zero attached hydrogens (tertiary/aromatic N) is 1. The minimum Gasteiger partial charge on any atom is -0.473 e. The average molecular weight is 197 g/mol. The Hall–Kier alpha value is -2.08. The second-order valence-corrected chi connectivity index (χ2v) is 2.29. The van der Waals surface area contributed by atoms with Gasteiger partial charge in [-0.15, -0.1) is 0 Å². The Kier molecular flexibility index (Phi) is 3.03. The van der Waals surface area contributed by atoms with Crippen LogP contribution in [0.15, 0.2) is 30.3 Å². The zero-order valence-corrected chi connectivity index (χ0v) is 6.95. The number of para-hydroxylation sites is 1. The summed E-state index contributed by atoms with van der Waals surface area (Å²) in [6.45, 7) is 0. The van der Waals surface area contributed by atoms with Crippen molar-refractivity contribution in [2.24, 2.45) is 0 Å². The summed E-state index contributed by atoms with van der Waals surface area (Å²) in [7, 11) is 0. The van der Waals surface area contributed by atoms with E-state index in [9.17, 15) is 9.59 Å². The van der Waals surface area contributed by atoms with E-state index < -0.39 is 11.9 Å². The summed E-state index contributed by atoms with van der Waals surface area (Å²) in [6, 6.07) is 7.75. The van der Waals surface area contributed by atoms with E-state index in [-0.39, 0.29) is 10.9 Å². The van der Waals surface area contributed by atoms with Crippen LogP contribution in [0.1, 0.15) is 0 Å². The summed E-state index contributed by atoms with van der Waals surface area (Å²) >= 11 is 0. The molecule has 2 N–H and O–H groups in total. The molecule has 0 radical (unpaired) electrons. The van der Waals surface area contributed by atoms with Gasteiger partial charge in [0, 0.05) is 0 Å². The number of carbonyl (C=O) groups excluding carboxylic acids is 1. The van der Waals surface area contributed by atoms with Gasteiger partial charge in [-0.1, -0.05) is 23.4 Å². The van der Waals surface area contributed by atoms with Gasteiger partial charge >= 0.3 is 11.9 Å². The summed E-state index contributed by atoms with van der Waals surface area (Å²) in [5.74, 6) is -3.34. The molecule has 1 aromatic carbocycles. The molecule has 0 amide bonds. The second kappa shape index (κ2) is 4.24. The second-order valence-electron chi connectivity index (χ2n) is 2.29. The highest BCUT2D eigenvalue weighted by Crippen LogP contribution is 2.10. The fourth-order valence-electron chi connectivity index (χ4n) is 0.726. The maximum absolute atomic E-state index is 10.5. The lowest BCUT2D eigenvalue weighted by Crippen LogP contribution is -2.28. The van der Waals surface area contributed by atoms with Crippen molar-refractivity contribution < 1.29 is 24.7 Å². The quantitative estimate of drug-likeness (QED) is 0.528. The SMILES string of the molecule is O=C(O)C(=O)ON(O)c1ccccc1. The normalized spacial score (nSPS) is 9.21. The van der Waals surface area contributed by atoms with Gasteiger partial charge in [-0.3, -0.25) is 5.21 Å². The highest BCUT2D eigenvalue weighted by atomic mass is 16.9. The lowest BCUT2D eigenvalue weighted by atomic mass is 10.3. The van der Waals surface area contributed by atoms with Crippen LogP contribution < -0.4 is 5.23 Å². The van der Waals surface area contributed by atoms with Gasteiger partial charge < -0.3 is 9.94 Å². The first-order valence-electron chi connectivity index (χ1n) is 3.60. The van der Waals surface area contributed by atoms with Crippen molar-refractivity contribution in [2.75, 3.05) is 5.23 Å². The third-order valence-electron chi connectivity index (χ3n) is 1.32. The van der Waals surface area contributed by atoms with Crippen molar-refractivity contribution in [2.45, 2.75) is 0 Å². The molecule has 0 unspecified atom stereocenters. The molecule has 14 heavy (non-hydrogen) atoms. The molecule has 0 saturated carbocycles. The molecule has 0 spiro atoms. The largest absolute Gasteiger partial charge is 0.473 e. The maximum atomic E-state index is 10.5. The van der Waals surface area contributed by atoms with Crippen molar-refractivity contribution in [3.8, 4) is 0 Å². The van der Waals surface area contributed by atoms with Gasteiger partial charge in [0.05, 0.1) is 0 Å². The molecule has 0 saturated heterocycles. The zero-order valence-electron chi connectivity index (χ0n) is 6.95. The lowest BCUT2D eigenvalue weighted by molar-refractivity contribution is -0.172. The molecule has 74 valence electrons. The predicted molar refractivity (Wildman–Crippen MR) is 44.4 cm³/mol. The third-order valence-corrected chi connectivity index (χ3v) is 1.32. The Morgan fingerprint density at radius 1 is 1.21 bits per heavy atom. The van der Waals surface area contributed by atoms with E-state index in [2.05, 4.69) is 4.84 Å². The van der Waals surface area contributed by atoms with Crippen LogP contribution in [-0.4, -0.2) is 22.3 Å². The molecule has 0 heterocycles. The van der Waals surface area contributed by atoms with Crippen LogP contribution in [0.25, 0.3) is 0 Å². The number of aliphatic carboxylic acids is 1. The summed E-state index contributed by atoms with van der Waals surface area (Å²) in [6.07, 6.45) is 0. The van der Waals surface area contributed by atoms with Crippen LogP contribution in [0.3, 0.4) is 0 Å². The minimum atomic E-state index is -1.78. The van der Waals surface area contributed by atoms with Crippen LogP contribution in [0.4, 0.5) is 5.69 Å². The van der Waals surface area contributed by atoms with E-state index in [0.717, 1.165) is 0 Å². The van der Waals surface area contributed by atoms with Gasteiger partial charge in [0.25, 0.3) is 0 Å². The van der Waals surface area contributed by atoms with Crippen molar-refractivity contribution in [3.05, 3.63) is 30.3 Å². The molecule has 0 aromatic heterocycles. The molecule has 6 heteroatoms. The first kappa shape index (κ1) is 10.0. The van der Waals surface area contributed by atoms with Crippen LogP contribution in [0, 0.1) is 0 Å². The van der Waals surface area contributed by atoms with Gasteiger partial charge in [-0.25, -0.2) is 9.59 Å². The van der Waals surface area contributed by atoms with E-state index in [1.807, 2.05) is 0 Å². The van der Waals surface area contributed by atoms with E-state index in [4.69, 9.17) is 10.3 Å². The number of benzene rings is 1. The van der Waals surface area contributed by atoms with E-state index in [0.29, 0.717) is 0 Å². The molecule has 0 aliphatic carbocycles. The summed E-state index contributed by atoms with van der Waals surface area (Å²) in [5, 5.41) is 17.3. The molecular formula is C8H7NO5. The monoisotopic (exact) mass is 197 g/mol. The third kappa shape index (κ3) is 2.46. The van der Waals surface area contributed by atoms with E-state index in [1.54, 1.807) is 18.2 Å². The Morgan fingerprint density at radius 2 is 1.79 bits per heavy atom. The Balaban J connectivity index is 2.64. The number of rotatable bonds is 2. The zero-order chi connectivity index (χ0) is 10.6. The van der Waals surface area contributed by atoms with Crippen LogP contribution in [0.2, 0.25) is 0 Å². The number of carboxylic acid groups (broad SMARTS) is 1. The number of hydrogen-bond acceptors (Lipinski definition) is 5. The predicted octanol–water partition coefficient (Wildman–Crippen LogP) is 0.425. The highest BCUT2D eigenvalue weighted by molar-refractivity contribution is 6.28. The first-order valence-corrected chi connectivity index (χ1v) is 3.60. The molecule has 1 rings (SSSR count). The van der Waals surface area contributed by atoms with Gasteiger partial charge in [-0.2, -0.15) is 0 Å². The molecule has 0 atom stereocenters. The molecular weight excluding hydrogens is 190 g/mol. The molecule has 6 nitrogen and oxygen atoms in total. The fraction of sp³-hybridized carbons (Fsp3) is 0. The van der Waals surface area contributed by atoms with Crippen LogP contribution in [0.5, 0.6) is 0 Å². The van der Waals surface area contributed by atoms with E-state index in [1.165, 1.54) is 12.1 Å². The van der Waals surface area contributed by atoms with Crippen molar-refractivity contribution >= 4 is 17.6 Å². The average Bonchev–Trinajstić information content (AvgIpc) is 2.19. The van der Waals surface area contributed by atoms with Crippen molar-refractivity contribution in [1.82, 2.24) is 0 Å². The fourth-order valence-corrected chi connectivity index (χ4v) is 0.726. The Labute approximate surface area is 78.9 Å². The summed E-state index contributed by atoms with van der Waals surface area (Å²) in [4.78, 5) is 24.6. The smallest absolute Gasteiger partial charge is 0.443 e. The standard InChI is InChI=1S/C8H7NO5/c10-7(11)8(12)14-9(13)6-4-2-1-3-5-6/h1-5,13H,(H,10,11).